The van der Waals surface area contributed by atoms with Crippen LogP contribution in [-0.2, 0) is 0 Å². The van der Waals surface area contributed by atoms with Crippen molar-refractivity contribution < 1.29 is 0 Å². The lowest BCUT2D eigenvalue weighted by Gasteiger charge is -2.28. The smallest absolute Gasteiger partial charge is 0.0320 e. The van der Waals surface area contributed by atoms with Crippen molar-refractivity contribution in [1.82, 2.24) is 10.2 Å². The molecular weight excluding hydrogens is 256 g/mol. The molecule has 1 saturated heterocycles. The minimum atomic E-state index is 0.530. The molecule has 0 spiro atoms. The Morgan fingerprint density at radius 3 is 2.52 bits per heavy atom. The van der Waals surface area contributed by atoms with Crippen LogP contribution in [0.2, 0.25) is 0 Å². The number of likely N-dealkylation sites (tertiary alicyclic amines) is 1. The van der Waals surface area contributed by atoms with Gasteiger partial charge in [-0.15, -0.1) is 0 Å². The fraction of sp³-hybridized carbons (Fsp3) is 0.684. The average molecular weight is 288 g/mol. The summed E-state index contributed by atoms with van der Waals surface area (Å²) in [6.07, 6.45) is 9.43. The van der Waals surface area contributed by atoms with Gasteiger partial charge in [0.25, 0.3) is 0 Å². The summed E-state index contributed by atoms with van der Waals surface area (Å²) in [5.41, 5.74) is 1.45. The number of piperidine rings is 1. The van der Waals surface area contributed by atoms with Crippen LogP contribution in [0.5, 0.6) is 0 Å². The van der Waals surface area contributed by atoms with Crippen LogP contribution in [0.15, 0.2) is 30.3 Å². The summed E-state index contributed by atoms with van der Waals surface area (Å²) in [6, 6.07) is 11.5. The van der Waals surface area contributed by atoms with Gasteiger partial charge >= 0.3 is 0 Å². The van der Waals surface area contributed by atoms with Crippen LogP contribution in [0.1, 0.15) is 63.5 Å². The zero-order chi connectivity index (χ0) is 14.8. The summed E-state index contributed by atoms with van der Waals surface area (Å²) in [6.45, 7) is 7.20. The largest absolute Gasteiger partial charge is 0.309 e. The van der Waals surface area contributed by atoms with Gasteiger partial charge in [0.1, 0.15) is 0 Å². The number of nitrogens with one attached hydrogen (secondary N) is 1. The van der Waals surface area contributed by atoms with Gasteiger partial charge in [0.15, 0.2) is 0 Å². The molecule has 0 bridgehead atoms. The molecule has 1 aliphatic heterocycles. The van der Waals surface area contributed by atoms with Crippen LogP contribution in [0.25, 0.3) is 0 Å². The molecule has 2 heteroatoms. The molecule has 0 radical (unpaired) electrons. The highest BCUT2D eigenvalue weighted by molar-refractivity contribution is 5.18. The van der Waals surface area contributed by atoms with Gasteiger partial charge in [0.2, 0.25) is 0 Å². The Kier molecular flexibility index (Phi) is 7.83. The Labute approximate surface area is 130 Å². The molecule has 2 rings (SSSR count). The quantitative estimate of drug-likeness (QED) is 0.678. The van der Waals surface area contributed by atoms with Gasteiger partial charge in [0.05, 0.1) is 0 Å². The first-order chi connectivity index (χ1) is 10.4. The first-order valence-electron chi connectivity index (χ1n) is 8.91. The highest BCUT2D eigenvalue weighted by atomic mass is 15.1. The van der Waals surface area contributed by atoms with Crippen molar-refractivity contribution in [2.45, 2.75) is 57.9 Å². The van der Waals surface area contributed by atoms with E-state index in [1.807, 2.05) is 0 Å². The van der Waals surface area contributed by atoms with Crippen molar-refractivity contribution in [1.29, 1.82) is 0 Å². The molecule has 1 atom stereocenters. The molecule has 1 aromatic carbocycles. The van der Waals surface area contributed by atoms with E-state index in [9.17, 15) is 0 Å². The van der Waals surface area contributed by atoms with Crippen molar-refractivity contribution >= 4 is 0 Å². The molecule has 0 saturated carbocycles. The third-order valence-electron chi connectivity index (χ3n) is 4.57. The Bertz CT molecular complexity index is 357. The second-order valence-electron chi connectivity index (χ2n) is 6.32. The van der Waals surface area contributed by atoms with Gasteiger partial charge in [-0.25, -0.2) is 0 Å². The summed E-state index contributed by atoms with van der Waals surface area (Å²) in [4.78, 5) is 2.62. The van der Waals surface area contributed by atoms with Crippen LogP contribution in [0.3, 0.4) is 0 Å². The van der Waals surface area contributed by atoms with E-state index in [4.69, 9.17) is 0 Å². The molecule has 1 heterocycles. The maximum absolute atomic E-state index is 3.80. The molecule has 0 aliphatic carbocycles. The van der Waals surface area contributed by atoms with Gasteiger partial charge in [-0.1, -0.05) is 62.9 Å². The summed E-state index contributed by atoms with van der Waals surface area (Å²) in [5, 5.41) is 3.80. The first-order valence-corrected chi connectivity index (χ1v) is 8.91. The summed E-state index contributed by atoms with van der Waals surface area (Å²) < 4.78 is 0. The molecule has 21 heavy (non-hydrogen) atoms. The van der Waals surface area contributed by atoms with E-state index in [0.717, 1.165) is 6.54 Å². The van der Waals surface area contributed by atoms with E-state index in [-0.39, 0.29) is 0 Å². The number of unbranched alkanes of at least 4 members (excludes halogenated alkanes) is 2. The van der Waals surface area contributed by atoms with Crippen molar-refractivity contribution in [2.75, 3.05) is 26.2 Å². The van der Waals surface area contributed by atoms with Crippen molar-refractivity contribution in [3.05, 3.63) is 35.9 Å². The Hall–Kier alpha value is -0.860. The van der Waals surface area contributed by atoms with E-state index in [0.29, 0.717) is 6.04 Å². The standard InChI is InChI=1S/C19H32N2/c1-2-3-6-13-19(18-11-7-4-8-12-18)20-14-17-21-15-9-5-10-16-21/h4,7-8,11-12,19-20H,2-3,5-6,9-10,13-17H2,1H3. The lowest BCUT2D eigenvalue weighted by atomic mass is 10.0. The molecule has 1 unspecified atom stereocenters. The van der Waals surface area contributed by atoms with E-state index in [1.165, 1.54) is 70.1 Å². The zero-order valence-corrected chi connectivity index (χ0v) is 13.7. The van der Waals surface area contributed by atoms with Crippen LogP contribution in [0, 0.1) is 0 Å². The van der Waals surface area contributed by atoms with Crippen LogP contribution in [-0.4, -0.2) is 31.1 Å². The Balaban J connectivity index is 1.77. The van der Waals surface area contributed by atoms with Gasteiger partial charge in [-0.05, 0) is 37.9 Å². The van der Waals surface area contributed by atoms with E-state index < -0.39 is 0 Å². The molecule has 118 valence electrons. The van der Waals surface area contributed by atoms with Crippen LogP contribution < -0.4 is 5.32 Å². The summed E-state index contributed by atoms with van der Waals surface area (Å²) in [7, 11) is 0. The SMILES string of the molecule is CCCCCC(NCCN1CCCCC1)c1ccccc1. The lowest BCUT2D eigenvalue weighted by molar-refractivity contribution is 0.225. The number of hydrogen-bond acceptors (Lipinski definition) is 2. The first kappa shape index (κ1) is 16.5. The lowest BCUT2D eigenvalue weighted by Crippen LogP contribution is -2.36. The second kappa shape index (κ2) is 9.97. The van der Waals surface area contributed by atoms with Crippen molar-refractivity contribution in [3.8, 4) is 0 Å². The third-order valence-corrected chi connectivity index (χ3v) is 4.57. The minimum absolute atomic E-state index is 0.530. The molecular formula is C19H32N2. The average Bonchev–Trinajstić information content (AvgIpc) is 2.55. The third kappa shape index (κ3) is 6.19. The normalized spacial score (nSPS) is 17.8. The topological polar surface area (TPSA) is 15.3 Å². The van der Waals surface area contributed by atoms with Gasteiger partial charge < -0.3 is 10.2 Å². The summed E-state index contributed by atoms with van der Waals surface area (Å²) >= 11 is 0. The second-order valence-corrected chi connectivity index (χ2v) is 6.32. The Morgan fingerprint density at radius 2 is 1.81 bits per heavy atom. The van der Waals surface area contributed by atoms with Gasteiger partial charge in [-0.2, -0.15) is 0 Å². The molecule has 0 amide bonds. The van der Waals surface area contributed by atoms with Crippen LogP contribution >= 0.6 is 0 Å². The fourth-order valence-corrected chi connectivity index (χ4v) is 3.25. The number of rotatable bonds is 9. The minimum Gasteiger partial charge on any atom is -0.309 e. The predicted octanol–water partition coefficient (Wildman–Crippen LogP) is 4.38. The maximum Gasteiger partial charge on any atom is 0.0320 e. The van der Waals surface area contributed by atoms with E-state index >= 15 is 0 Å². The monoisotopic (exact) mass is 288 g/mol. The highest BCUT2D eigenvalue weighted by Crippen LogP contribution is 2.19. The molecule has 1 aromatic rings. The molecule has 1 fully saturated rings. The number of nitrogens with zero attached hydrogens (tertiary/aromatic N) is 1. The molecule has 1 N–H and O–H groups in total. The summed E-state index contributed by atoms with van der Waals surface area (Å²) in [5.74, 6) is 0. The highest BCUT2D eigenvalue weighted by Gasteiger charge is 2.12. The molecule has 1 aliphatic rings. The Morgan fingerprint density at radius 1 is 1.05 bits per heavy atom. The number of benzene rings is 1. The van der Waals surface area contributed by atoms with Gasteiger partial charge in [0, 0.05) is 19.1 Å². The van der Waals surface area contributed by atoms with E-state index in [2.05, 4.69) is 47.5 Å². The van der Waals surface area contributed by atoms with E-state index in [1.54, 1.807) is 0 Å². The fourth-order valence-electron chi connectivity index (χ4n) is 3.25. The molecule has 0 aromatic heterocycles. The molecule has 2 nitrogen and oxygen atoms in total. The number of hydrogen-bond donors (Lipinski definition) is 1. The maximum atomic E-state index is 3.80. The zero-order valence-electron chi connectivity index (χ0n) is 13.7. The van der Waals surface area contributed by atoms with Crippen molar-refractivity contribution in [3.63, 3.8) is 0 Å². The van der Waals surface area contributed by atoms with Gasteiger partial charge in [-0.3, -0.25) is 0 Å². The van der Waals surface area contributed by atoms with Crippen molar-refractivity contribution in [2.24, 2.45) is 0 Å². The van der Waals surface area contributed by atoms with Crippen LogP contribution in [0.4, 0.5) is 0 Å². The predicted molar refractivity (Wildman–Crippen MR) is 91.6 cm³/mol.